The average Bonchev–Trinajstić information content (AvgIpc) is 2.35. The third-order valence-corrected chi connectivity index (χ3v) is 4.62. The van der Waals surface area contributed by atoms with Gasteiger partial charge in [-0.05, 0) is 13.0 Å². The first-order valence-electron chi connectivity index (χ1n) is 5.47. The van der Waals surface area contributed by atoms with Gasteiger partial charge in [0.25, 0.3) is 0 Å². The zero-order valence-corrected chi connectivity index (χ0v) is 11.8. The van der Waals surface area contributed by atoms with Crippen molar-refractivity contribution in [2.24, 2.45) is 5.73 Å². The van der Waals surface area contributed by atoms with E-state index in [9.17, 15) is 8.42 Å². The molecule has 1 aromatic rings. The fourth-order valence-electron chi connectivity index (χ4n) is 1.61. The summed E-state index contributed by atoms with van der Waals surface area (Å²) in [5.41, 5.74) is 6.64. The lowest BCUT2D eigenvalue weighted by atomic mass is 10.0. The van der Waals surface area contributed by atoms with Crippen LogP contribution in [0.2, 0.25) is 0 Å². The molecular formula is C12H19NO4S. The van der Waals surface area contributed by atoms with Crippen LogP contribution in [0, 0.1) is 0 Å². The fourth-order valence-corrected chi connectivity index (χ4v) is 2.29. The van der Waals surface area contributed by atoms with Crippen LogP contribution in [0.5, 0.6) is 11.5 Å². The monoisotopic (exact) mass is 273 g/mol. The number of sulfone groups is 1. The molecule has 0 heterocycles. The van der Waals surface area contributed by atoms with Gasteiger partial charge in [0.2, 0.25) is 0 Å². The maximum atomic E-state index is 11.5. The molecule has 102 valence electrons. The number of rotatable bonds is 5. The zero-order chi connectivity index (χ0) is 13.9. The molecule has 0 spiro atoms. The minimum Gasteiger partial charge on any atom is -0.497 e. The van der Waals surface area contributed by atoms with Gasteiger partial charge >= 0.3 is 0 Å². The number of hydrogen-bond donors (Lipinski definition) is 1. The van der Waals surface area contributed by atoms with Crippen molar-refractivity contribution in [2.45, 2.75) is 18.2 Å². The molecule has 5 nitrogen and oxygen atoms in total. The summed E-state index contributed by atoms with van der Waals surface area (Å²) in [6.45, 7) is 1.59. The van der Waals surface area contributed by atoms with Crippen molar-refractivity contribution in [3.63, 3.8) is 0 Å². The summed E-state index contributed by atoms with van der Waals surface area (Å²) in [5, 5.41) is -0.681. The van der Waals surface area contributed by atoms with Crippen LogP contribution < -0.4 is 15.2 Å². The second kappa shape index (κ2) is 5.58. The molecule has 0 fully saturated rings. The summed E-state index contributed by atoms with van der Waals surface area (Å²) in [4.78, 5) is 0. The van der Waals surface area contributed by atoms with E-state index in [4.69, 9.17) is 15.2 Å². The van der Waals surface area contributed by atoms with Crippen LogP contribution >= 0.6 is 0 Å². The molecule has 0 radical (unpaired) electrons. The van der Waals surface area contributed by atoms with Gasteiger partial charge in [-0.15, -0.1) is 0 Å². The van der Waals surface area contributed by atoms with Gasteiger partial charge < -0.3 is 15.2 Å². The van der Waals surface area contributed by atoms with Gasteiger partial charge in [-0.1, -0.05) is 6.07 Å². The summed E-state index contributed by atoms with van der Waals surface area (Å²) in [6.07, 6.45) is 1.17. The van der Waals surface area contributed by atoms with Crippen molar-refractivity contribution in [1.82, 2.24) is 0 Å². The van der Waals surface area contributed by atoms with E-state index in [0.717, 1.165) is 0 Å². The second-order valence-corrected chi connectivity index (χ2v) is 6.57. The van der Waals surface area contributed by atoms with Crippen LogP contribution in [0.4, 0.5) is 0 Å². The molecule has 0 saturated heterocycles. The van der Waals surface area contributed by atoms with Gasteiger partial charge in [-0.25, -0.2) is 8.42 Å². The topological polar surface area (TPSA) is 78.6 Å². The van der Waals surface area contributed by atoms with Crippen molar-refractivity contribution in [2.75, 3.05) is 20.5 Å². The van der Waals surface area contributed by atoms with E-state index in [2.05, 4.69) is 0 Å². The molecule has 0 aliphatic rings. The molecule has 1 aromatic carbocycles. The van der Waals surface area contributed by atoms with E-state index < -0.39 is 21.1 Å². The van der Waals surface area contributed by atoms with Crippen molar-refractivity contribution in [3.05, 3.63) is 23.8 Å². The Balaban J connectivity index is 3.17. The van der Waals surface area contributed by atoms with Crippen molar-refractivity contribution >= 4 is 9.84 Å². The Labute approximate surface area is 108 Å². The number of nitrogens with two attached hydrogens (primary N) is 1. The number of ether oxygens (including phenoxy) is 2. The quantitative estimate of drug-likeness (QED) is 0.870. The molecule has 6 heteroatoms. The summed E-state index contributed by atoms with van der Waals surface area (Å²) in [6, 6.07) is 4.50. The SMILES string of the molecule is COc1ccc(C(N)C(C)S(C)(=O)=O)c(OC)c1. The van der Waals surface area contributed by atoms with Crippen molar-refractivity contribution in [1.29, 1.82) is 0 Å². The smallest absolute Gasteiger partial charge is 0.151 e. The molecule has 0 saturated carbocycles. The van der Waals surface area contributed by atoms with Crippen LogP contribution in [0.15, 0.2) is 18.2 Å². The predicted molar refractivity (Wildman–Crippen MR) is 70.8 cm³/mol. The van der Waals surface area contributed by atoms with E-state index in [0.29, 0.717) is 17.1 Å². The van der Waals surface area contributed by atoms with Crippen LogP contribution in [0.1, 0.15) is 18.5 Å². The highest BCUT2D eigenvalue weighted by Gasteiger charge is 2.26. The highest BCUT2D eigenvalue weighted by Crippen LogP contribution is 2.31. The molecule has 2 unspecified atom stereocenters. The highest BCUT2D eigenvalue weighted by molar-refractivity contribution is 7.91. The van der Waals surface area contributed by atoms with Gasteiger partial charge in [0.15, 0.2) is 9.84 Å². The Hall–Kier alpha value is -1.27. The number of benzene rings is 1. The normalized spacial score (nSPS) is 14.9. The van der Waals surface area contributed by atoms with Crippen molar-refractivity contribution in [3.8, 4) is 11.5 Å². The van der Waals surface area contributed by atoms with E-state index in [-0.39, 0.29) is 0 Å². The fraction of sp³-hybridized carbons (Fsp3) is 0.500. The molecule has 18 heavy (non-hydrogen) atoms. The largest absolute Gasteiger partial charge is 0.497 e. The van der Waals surface area contributed by atoms with Crippen molar-refractivity contribution < 1.29 is 17.9 Å². The molecule has 1 rings (SSSR count). The van der Waals surface area contributed by atoms with Gasteiger partial charge in [0.1, 0.15) is 11.5 Å². The maximum absolute atomic E-state index is 11.5. The third-order valence-electron chi connectivity index (χ3n) is 2.98. The Morgan fingerprint density at radius 3 is 2.28 bits per heavy atom. The lowest BCUT2D eigenvalue weighted by Crippen LogP contribution is -2.30. The molecule has 0 aliphatic carbocycles. The summed E-state index contributed by atoms with van der Waals surface area (Å²) in [7, 11) is -0.144. The van der Waals surface area contributed by atoms with Crippen LogP contribution in [0.3, 0.4) is 0 Å². The second-order valence-electron chi connectivity index (χ2n) is 4.17. The van der Waals surface area contributed by atoms with Crippen LogP contribution in [-0.4, -0.2) is 34.1 Å². The average molecular weight is 273 g/mol. The van der Waals surface area contributed by atoms with Gasteiger partial charge in [-0.3, -0.25) is 0 Å². The molecule has 2 N–H and O–H groups in total. The van der Waals surface area contributed by atoms with E-state index in [1.54, 1.807) is 32.2 Å². The summed E-state index contributed by atoms with van der Waals surface area (Å²) < 4.78 is 33.3. The zero-order valence-electron chi connectivity index (χ0n) is 11.0. The molecule has 0 bridgehead atoms. The van der Waals surface area contributed by atoms with E-state index in [1.165, 1.54) is 13.4 Å². The molecule has 0 amide bonds. The van der Waals surface area contributed by atoms with Crippen LogP contribution in [-0.2, 0) is 9.84 Å². The minimum atomic E-state index is -3.20. The predicted octanol–water partition coefficient (Wildman–Crippen LogP) is 1.14. The van der Waals surface area contributed by atoms with E-state index >= 15 is 0 Å². The Morgan fingerprint density at radius 1 is 1.22 bits per heavy atom. The van der Waals surface area contributed by atoms with Crippen LogP contribution in [0.25, 0.3) is 0 Å². The first-order chi connectivity index (χ1) is 8.31. The lowest BCUT2D eigenvalue weighted by Gasteiger charge is -2.21. The van der Waals surface area contributed by atoms with E-state index in [1.807, 2.05) is 0 Å². The first kappa shape index (κ1) is 14.8. The van der Waals surface area contributed by atoms with Gasteiger partial charge in [0.05, 0.1) is 19.5 Å². The summed E-state index contributed by atoms with van der Waals surface area (Å²) in [5.74, 6) is 1.16. The Morgan fingerprint density at radius 2 is 1.83 bits per heavy atom. The molecule has 0 aliphatic heterocycles. The van der Waals surface area contributed by atoms with Gasteiger partial charge in [0, 0.05) is 23.9 Å². The molecule has 0 aromatic heterocycles. The lowest BCUT2D eigenvalue weighted by molar-refractivity contribution is 0.388. The Kier molecular flexibility index (Phi) is 4.59. The Bertz CT molecular complexity index is 513. The summed E-state index contributed by atoms with van der Waals surface area (Å²) >= 11 is 0. The third kappa shape index (κ3) is 3.14. The maximum Gasteiger partial charge on any atom is 0.151 e. The minimum absolute atomic E-state index is 0.525. The highest BCUT2D eigenvalue weighted by atomic mass is 32.2. The number of methoxy groups -OCH3 is 2. The van der Waals surface area contributed by atoms with Gasteiger partial charge in [-0.2, -0.15) is 0 Å². The first-order valence-corrected chi connectivity index (χ1v) is 7.43. The molecular weight excluding hydrogens is 254 g/mol. The molecule has 2 atom stereocenters. The standard InChI is InChI=1S/C12H19NO4S/c1-8(18(4,14)15)12(13)10-6-5-9(16-2)7-11(10)17-3/h5-8,12H,13H2,1-4H3. The number of hydrogen-bond acceptors (Lipinski definition) is 5.